The highest BCUT2D eigenvalue weighted by Crippen LogP contribution is 2.34. The lowest BCUT2D eigenvalue weighted by molar-refractivity contribution is 0.283. The highest BCUT2D eigenvalue weighted by molar-refractivity contribution is 7.90. The number of hydrogen-bond acceptors (Lipinski definition) is 5. The van der Waals surface area contributed by atoms with Crippen molar-refractivity contribution in [1.29, 1.82) is 0 Å². The second kappa shape index (κ2) is 5.61. The zero-order valence-corrected chi connectivity index (χ0v) is 12.6. The molecule has 0 aliphatic rings. The van der Waals surface area contributed by atoms with E-state index < -0.39 is 10.0 Å². The minimum atomic E-state index is -3.70. The van der Waals surface area contributed by atoms with Crippen LogP contribution in [0.2, 0.25) is 0 Å². The summed E-state index contributed by atoms with van der Waals surface area (Å²) in [5, 5.41) is 10.1. The molecule has 0 aliphatic heterocycles. The molecular formula is C14H13NO4S2. The molecule has 0 saturated heterocycles. The molecule has 2 aromatic heterocycles. The van der Waals surface area contributed by atoms with Crippen LogP contribution in [-0.2, 0) is 23.2 Å². The molecular weight excluding hydrogens is 310 g/mol. The van der Waals surface area contributed by atoms with E-state index in [2.05, 4.69) is 4.72 Å². The van der Waals surface area contributed by atoms with E-state index in [1.807, 2.05) is 12.1 Å². The zero-order chi connectivity index (χ0) is 14.9. The lowest BCUT2D eigenvalue weighted by atomic mass is 10.2. The van der Waals surface area contributed by atoms with Crippen LogP contribution in [0, 0.1) is 0 Å². The monoisotopic (exact) mass is 323 g/mol. The van der Waals surface area contributed by atoms with Gasteiger partial charge in [0.25, 0.3) is 0 Å². The number of fused-ring (bicyclic) bond motifs is 1. The lowest BCUT2D eigenvalue weighted by Crippen LogP contribution is -2.23. The first-order valence-corrected chi connectivity index (χ1v) is 8.54. The first-order valence-electron chi connectivity index (χ1n) is 6.24. The van der Waals surface area contributed by atoms with E-state index in [1.165, 1.54) is 23.9 Å². The van der Waals surface area contributed by atoms with E-state index in [4.69, 9.17) is 4.42 Å². The molecule has 3 aromatic rings. The Hall–Kier alpha value is -1.67. The normalized spacial score (nSPS) is 12.0. The Balaban J connectivity index is 2.01. The molecule has 0 bridgehead atoms. The number of rotatable bonds is 5. The van der Waals surface area contributed by atoms with Gasteiger partial charge in [-0.15, -0.1) is 11.3 Å². The maximum atomic E-state index is 12.5. The van der Waals surface area contributed by atoms with Gasteiger partial charge in [-0.2, -0.15) is 0 Å². The summed E-state index contributed by atoms with van der Waals surface area (Å²) in [6.07, 6.45) is 2.98. The summed E-state index contributed by atoms with van der Waals surface area (Å²) in [6, 6.07) is 8.91. The zero-order valence-electron chi connectivity index (χ0n) is 10.9. The fourth-order valence-electron chi connectivity index (χ4n) is 2.11. The lowest BCUT2D eigenvalue weighted by Gasteiger charge is -2.06. The van der Waals surface area contributed by atoms with Crippen LogP contribution >= 0.6 is 11.3 Å². The number of sulfonamides is 1. The van der Waals surface area contributed by atoms with Crippen molar-refractivity contribution in [1.82, 2.24) is 4.72 Å². The van der Waals surface area contributed by atoms with E-state index in [-0.39, 0.29) is 18.0 Å². The van der Waals surface area contributed by atoms with Crippen LogP contribution in [0.5, 0.6) is 0 Å². The number of furan rings is 1. The molecule has 2 N–H and O–H groups in total. The number of nitrogens with one attached hydrogen (secondary N) is 1. The van der Waals surface area contributed by atoms with E-state index in [0.29, 0.717) is 10.3 Å². The number of hydrogen-bond donors (Lipinski definition) is 2. The Morgan fingerprint density at radius 2 is 2.05 bits per heavy atom. The molecule has 0 aliphatic carbocycles. The van der Waals surface area contributed by atoms with Gasteiger partial charge < -0.3 is 9.52 Å². The summed E-state index contributed by atoms with van der Waals surface area (Å²) in [6.45, 7) is -0.158. The molecule has 7 heteroatoms. The fraction of sp³-hybridized carbons (Fsp3) is 0.143. The van der Waals surface area contributed by atoms with Crippen molar-refractivity contribution in [3.05, 3.63) is 53.3 Å². The topological polar surface area (TPSA) is 79.5 Å². The van der Waals surface area contributed by atoms with Crippen molar-refractivity contribution in [3.63, 3.8) is 0 Å². The summed E-state index contributed by atoms with van der Waals surface area (Å²) in [4.78, 5) is 0.602. The standard InChI is InChI=1S/C14H13NO4S2/c16-8-13-14(11-3-1-2-4-12(11)20-13)21(17,18)15-7-10-5-6-19-9-10/h1-6,9,15-16H,7-8H2. The third-order valence-electron chi connectivity index (χ3n) is 3.08. The van der Waals surface area contributed by atoms with E-state index in [9.17, 15) is 13.5 Å². The van der Waals surface area contributed by atoms with Gasteiger partial charge in [0, 0.05) is 22.2 Å². The van der Waals surface area contributed by atoms with Gasteiger partial charge in [0.1, 0.15) is 4.90 Å². The Bertz CT molecular complexity index is 850. The van der Waals surface area contributed by atoms with Crippen LogP contribution in [-0.4, -0.2) is 13.5 Å². The number of aliphatic hydroxyl groups is 1. The Labute approximate surface area is 125 Å². The van der Waals surface area contributed by atoms with Gasteiger partial charge in [0.15, 0.2) is 0 Å². The molecule has 2 heterocycles. The maximum absolute atomic E-state index is 12.5. The van der Waals surface area contributed by atoms with Gasteiger partial charge >= 0.3 is 0 Å². The van der Waals surface area contributed by atoms with Crippen LogP contribution in [0.25, 0.3) is 10.1 Å². The first kappa shape index (κ1) is 14.3. The summed E-state index contributed by atoms with van der Waals surface area (Å²) in [5.41, 5.74) is 0.739. The van der Waals surface area contributed by atoms with Crippen LogP contribution in [0.15, 0.2) is 52.2 Å². The summed E-state index contributed by atoms with van der Waals surface area (Å²) in [7, 11) is -3.70. The summed E-state index contributed by atoms with van der Waals surface area (Å²) >= 11 is 1.29. The number of thiophene rings is 1. The third-order valence-corrected chi connectivity index (χ3v) is 5.89. The van der Waals surface area contributed by atoms with Crippen molar-refractivity contribution in [3.8, 4) is 0 Å². The molecule has 0 radical (unpaired) electrons. The quantitative estimate of drug-likeness (QED) is 0.756. The minimum Gasteiger partial charge on any atom is -0.472 e. The Kier molecular flexibility index (Phi) is 3.81. The summed E-state index contributed by atoms with van der Waals surface area (Å²) < 4.78 is 33.4. The van der Waals surface area contributed by atoms with Crippen molar-refractivity contribution in [2.24, 2.45) is 0 Å². The van der Waals surface area contributed by atoms with Crippen molar-refractivity contribution in [2.45, 2.75) is 18.0 Å². The molecule has 5 nitrogen and oxygen atoms in total. The smallest absolute Gasteiger partial charge is 0.242 e. The molecule has 0 unspecified atom stereocenters. The molecule has 0 spiro atoms. The van der Waals surface area contributed by atoms with Crippen molar-refractivity contribution >= 4 is 31.4 Å². The highest BCUT2D eigenvalue weighted by atomic mass is 32.2. The molecule has 110 valence electrons. The number of benzene rings is 1. The molecule has 1 aromatic carbocycles. The van der Waals surface area contributed by atoms with Gasteiger partial charge in [-0.25, -0.2) is 13.1 Å². The second-order valence-electron chi connectivity index (χ2n) is 4.46. The second-order valence-corrected chi connectivity index (χ2v) is 7.31. The Morgan fingerprint density at radius 3 is 2.76 bits per heavy atom. The molecule has 0 saturated carbocycles. The predicted molar refractivity (Wildman–Crippen MR) is 80.5 cm³/mol. The average molecular weight is 323 g/mol. The molecule has 0 atom stereocenters. The average Bonchev–Trinajstić information content (AvgIpc) is 3.12. The third kappa shape index (κ3) is 2.73. The van der Waals surface area contributed by atoms with Crippen LogP contribution in [0.4, 0.5) is 0 Å². The van der Waals surface area contributed by atoms with Gasteiger partial charge in [-0.3, -0.25) is 0 Å². The minimum absolute atomic E-state index is 0.147. The van der Waals surface area contributed by atoms with E-state index in [0.717, 1.165) is 10.3 Å². The number of aliphatic hydroxyl groups excluding tert-OH is 1. The maximum Gasteiger partial charge on any atom is 0.242 e. The molecule has 0 fully saturated rings. The molecule has 3 rings (SSSR count). The SMILES string of the molecule is O=S(=O)(NCc1ccoc1)c1c(CO)sc2ccccc12. The van der Waals surface area contributed by atoms with Crippen LogP contribution in [0.3, 0.4) is 0 Å². The van der Waals surface area contributed by atoms with Crippen LogP contribution in [0.1, 0.15) is 10.4 Å². The molecule has 0 amide bonds. The van der Waals surface area contributed by atoms with Crippen molar-refractivity contribution in [2.75, 3.05) is 0 Å². The first-order chi connectivity index (χ1) is 10.1. The van der Waals surface area contributed by atoms with E-state index in [1.54, 1.807) is 18.2 Å². The van der Waals surface area contributed by atoms with Crippen LogP contribution < -0.4 is 4.72 Å². The Morgan fingerprint density at radius 1 is 1.24 bits per heavy atom. The predicted octanol–water partition coefficient (Wildman–Crippen LogP) is 2.47. The van der Waals surface area contributed by atoms with E-state index >= 15 is 0 Å². The largest absolute Gasteiger partial charge is 0.472 e. The fourth-order valence-corrected chi connectivity index (χ4v) is 4.93. The molecule has 21 heavy (non-hydrogen) atoms. The van der Waals surface area contributed by atoms with Gasteiger partial charge in [0.05, 0.1) is 24.0 Å². The highest BCUT2D eigenvalue weighted by Gasteiger charge is 2.23. The van der Waals surface area contributed by atoms with Gasteiger partial charge in [-0.05, 0) is 12.1 Å². The van der Waals surface area contributed by atoms with Gasteiger partial charge in [-0.1, -0.05) is 18.2 Å². The van der Waals surface area contributed by atoms with Crippen molar-refractivity contribution < 1.29 is 17.9 Å². The van der Waals surface area contributed by atoms with Gasteiger partial charge in [0.2, 0.25) is 10.0 Å². The summed E-state index contributed by atoms with van der Waals surface area (Å²) in [5.74, 6) is 0.